The Morgan fingerprint density at radius 1 is 1.36 bits per heavy atom. The predicted octanol–water partition coefficient (Wildman–Crippen LogP) is 1.32. The van der Waals surface area contributed by atoms with Gasteiger partial charge in [0.25, 0.3) is 5.69 Å². The van der Waals surface area contributed by atoms with Crippen LogP contribution in [0.2, 0.25) is 0 Å². The number of hydrogen-bond acceptors (Lipinski definition) is 6. The first-order chi connectivity index (χ1) is 10.0. The van der Waals surface area contributed by atoms with Crippen LogP contribution in [0.1, 0.15) is 20.8 Å². The number of aliphatic hydroxyl groups is 1. The minimum absolute atomic E-state index is 0.161. The fourth-order valence-electron chi connectivity index (χ4n) is 1.79. The van der Waals surface area contributed by atoms with Crippen LogP contribution in [0.3, 0.4) is 0 Å². The van der Waals surface area contributed by atoms with Crippen molar-refractivity contribution in [3.8, 4) is 0 Å². The number of hydrogen-bond donors (Lipinski definition) is 3. The maximum absolute atomic E-state index is 11.7. The minimum Gasteiger partial charge on any atom is -0.394 e. The molecule has 1 rings (SSSR count). The minimum atomic E-state index is -3.77. The quantitative estimate of drug-likeness (QED) is 0.534. The van der Waals surface area contributed by atoms with E-state index in [0.717, 1.165) is 6.07 Å². The predicted molar refractivity (Wildman–Crippen MR) is 83.3 cm³/mol. The van der Waals surface area contributed by atoms with Gasteiger partial charge in [0.05, 0.1) is 22.5 Å². The number of anilines is 1. The van der Waals surface area contributed by atoms with E-state index in [0.29, 0.717) is 0 Å². The van der Waals surface area contributed by atoms with Crippen molar-refractivity contribution in [2.24, 2.45) is 5.41 Å². The maximum Gasteiger partial charge on any atom is 0.293 e. The number of nitro groups is 1. The molecule has 9 heteroatoms. The Morgan fingerprint density at radius 3 is 2.36 bits per heavy atom. The van der Waals surface area contributed by atoms with E-state index in [-0.39, 0.29) is 28.3 Å². The van der Waals surface area contributed by atoms with Crippen LogP contribution in [0, 0.1) is 15.5 Å². The molecule has 0 spiro atoms. The van der Waals surface area contributed by atoms with E-state index in [1.807, 2.05) is 20.8 Å². The summed E-state index contributed by atoms with van der Waals surface area (Å²) in [5, 5.41) is 23.5. The molecule has 1 aromatic carbocycles. The van der Waals surface area contributed by atoms with Gasteiger partial charge >= 0.3 is 0 Å². The van der Waals surface area contributed by atoms with Crippen LogP contribution < -0.4 is 10.0 Å². The monoisotopic (exact) mass is 331 g/mol. The normalized spacial score (nSPS) is 13.7. The lowest BCUT2D eigenvalue weighted by Crippen LogP contribution is -2.37. The zero-order valence-electron chi connectivity index (χ0n) is 13.0. The number of nitrogens with zero attached hydrogens (tertiary/aromatic N) is 1. The fourth-order valence-corrected chi connectivity index (χ4v) is 2.54. The third kappa shape index (κ3) is 4.15. The van der Waals surface area contributed by atoms with Crippen molar-refractivity contribution in [3.05, 3.63) is 28.3 Å². The summed E-state index contributed by atoms with van der Waals surface area (Å²) in [6, 6.07) is 3.18. The summed E-state index contributed by atoms with van der Waals surface area (Å²) in [5.41, 5.74) is -0.536. The van der Waals surface area contributed by atoms with Crippen LogP contribution in [0.25, 0.3) is 0 Å². The molecule has 0 fully saturated rings. The number of rotatable bonds is 6. The van der Waals surface area contributed by atoms with Crippen molar-refractivity contribution in [1.82, 2.24) is 4.72 Å². The number of aliphatic hydroxyl groups excluding tert-OH is 1. The van der Waals surface area contributed by atoms with E-state index < -0.39 is 21.0 Å². The number of nitro benzene ring substituents is 1. The molecule has 124 valence electrons. The lowest BCUT2D eigenvalue weighted by atomic mass is 9.87. The second kappa shape index (κ2) is 6.59. The summed E-state index contributed by atoms with van der Waals surface area (Å²) < 4.78 is 25.6. The third-order valence-electron chi connectivity index (χ3n) is 3.30. The van der Waals surface area contributed by atoms with Gasteiger partial charge in [-0.1, -0.05) is 20.8 Å². The first kappa shape index (κ1) is 18.3. The van der Waals surface area contributed by atoms with Gasteiger partial charge in [0.2, 0.25) is 10.0 Å². The molecule has 0 heterocycles. The molecule has 0 aliphatic heterocycles. The first-order valence-corrected chi connectivity index (χ1v) is 8.10. The summed E-state index contributed by atoms with van der Waals surface area (Å²) in [7, 11) is -2.53. The number of sulfonamides is 1. The molecular formula is C13H21N3O5S. The van der Waals surface area contributed by atoms with Gasteiger partial charge < -0.3 is 10.4 Å². The average molecular weight is 331 g/mol. The molecule has 0 aromatic heterocycles. The molecule has 0 saturated heterocycles. The van der Waals surface area contributed by atoms with Crippen LogP contribution in [0.4, 0.5) is 11.4 Å². The number of benzene rings is 1. The van der Waals surface area contributed by atoms with Crippen molar-refractivity contribution in [3.63, 3.8) is 0 Å². The average Bonchev–Trinajstić information content (AvgIpc) is 2.43. The lowest BCUT2D eigenvalue weighted by molar-refractivity contribution is -0.384. The first-order valence-electron chi connectivity index (χ1n) is 6.62. The van der Waals surface area contributed by atoms with Gasteiger partial charge in [0.1, 0.15) is 5.69 Å². The van der Waals surface area contributed by atoms with Crippen molar-refractivity contribution >= 4 is 21.4 Å². The van der Waals surface area contributed by atoms with Gasteiger partial charge in [-0.3, -0.25) is 10.1 Å². The molecule has 1 aromatic rings. The molecule has 0 aliphatic carbocycles. The standard InChI is InChI=1S/C13H21N3O5S/c1-13(2,3)12(8-17)15-10-6-5-9(22(20,21)14-4)7-11(10)16(18)19/h5-7,12,14-15,17H,8H2,1-4H3/t12-/m0/s1. The van der Waals surface area contributed by atoms with E-state index in [1.165, 1.54) is 19.2 Å². The second-order valence-electron chi connectivity index (χ2n) is 5.89. The summed E-state index contributed by atoms with van der Waals surface area (Å²) >= 11 is 0. The highest BCUT2D eigenvalue weighted by Crippen LogP contribution is 2.31. The van der Waals surface area contributed by atoms with Crippen molar-refractivity contribution in [1.29, 1.82) is 0 Å². The Labute approximate surface area is 129 Å². The molecule has 0 saturated carbocycles. The summed E-state index contributed by atoms with van der Waals surface area (Å²) in [6.07, 6.45) is 0. The summed E-state index contributed by atoms with van der Waals surface area (Å²) in [5.74, 6) is 0. The maximum atomic E-state index is 11.7. The molecule has 0 radical (unpaired) electrons. The molecule has 1 atom stereocenters. The Morgan fingerprint density at radius 2 is 1.95 bits per heavy atom. The van der Waals surface area contributed by atoms with E-state index in [1.54, 1.807) is 0 Å². The summed E-state index contributed by atoms with van der Waals surface area (Å²) in [4.78, 5) is 10.3. The molecule has 0 aliphatic rings. The van der Waals surface area contributed by atoms with Crippen LogP contribution in [0.5, 0.6) is 0 Å². The Hall–Kier alpha value is -1.71. The molecule has 0 bridgehead atoms. The molecular weight excluding hydrogens is 310 g/mol. The highest BCUT2D eigenvalue weighted by Gasteiger charge is 2.27. The van der Waals surface area contributed by atoms with Crippen LogP contribution in [0.15, 0.2) is 23.1 Å². The van der Waals surface area contributed by atoms with Crippen molar-refractivity contribution in [2.45, 2.75) is 31.7 Å². The van der Waals surface area contributed by atoms with Gasteiger partial charge in [-0.05, 0) is 24.6 Å². The SMILES string of the molecule is CNS(=O)(=O)c1ccc(N[C@@H](CO)C(C)(C)C)c([N+](=O)[O-])c1. The van der Waals surface area contributed by atoms with Crippen LogP contribution in [-0.2, 0) is 10.0 Å². The van der Waals surface area contributed by atoms with E-state index in [9.17, 15) is 23.6 Å². The van der Waals surface area contributed by atoms with Gasteiger partial charge in [0.15, 0.2) is 0 Å². The third-order valence-corrected chi connectivity index (χ3v) is 4.71. The molecule has 3 N–H and O–H groups in total. The van der Waals surface area contributed by atoms with Crippen molar-refractivity contribution in [2.75, 3.05) is 19.0 Å². The zero-order valence-corrected chi connectivity index (χ0v) is 13.8. The Kier molecular flexibility index (Phi) is 5.49. The van der Waals surface area contributed by atoms with Gasteiger partial charge in [-0.15, -0.1) is 0 Å². The Bertz CT molecular complexity index is 652. The number of nitrogens with one attached hydrogen (secondary N) is 2. The lowest BCUT2D eigenvalue weighted by Gasteiger charge is -2.30. The van der Waals surface area contributed by atoms with Crippen molar-refractivity contribution < 1.29 is 18.4 Å². The van der Waals surface area contributed by atoms with E-state index in [4.69, 9.17) is 0 Å². The zero-order chi connectivity index (χ0) is 17.1. The fraction of sp³-hybridized carbons (Fsp3) is 0.538. The molecule has 0 unspecified atom stereocenters. The smallest absolute Gasteiger partial charge is 0.293 e. The highest BCUT2D eigenvalue weighted by atomic mass is 32.2. The van der Waals surface area contributed by atoms with Crippen LogP contribution in [-0.4, -0.2) is 38.1 Å². The molecule has 0 amide bonds. The summed E-state index contributed by atoms with van der Waals surface area (Å²) in [6.45, 7) is 5.43. The van der Waals surface area contributed by atoms with E-state index in [2.05, 4.69) is 10.0 Å². The van der Waals surface area contributed by atoms with Crippen LogP contribution >= 0.6 is 0 Å². The van der Waals surface area contributed by atoms with E-state index >= 15 is 0 Å². The van der Waals surface area contributed by atoms with Gasteiger partial charge in [-0.2, -0.15) is 0 Å². The van der Waals surface area contributed by atoms with Gasteiger partial charge in [0, 0.05) is 6.07 Å². The topological polar surface area (TPSA) is 122 Å². The van der Waals surface area contributed by atoms with Gasteiger partial charge in [-0.25, -0.2) is 13.1 Å². The molecule has 8 nitrogen and oxygen atoms in total. The highest BCUT2D eigenvalue weighted by molar-refractivity contribution is 7.89. The molecule has 22 heavy (non-hydrogen) atoms. The second-order valence-corrected chi connectivity index (χ2v) is 7.78. The largest absolute Gasteiger partial charge is 0.394 e. The Balaban J connectivity index is 3.30.